The van der Waals surface area contributed by atoms with Crippen molar-refractivity contribution in [2.75, 3.05) is 19.6 Å². The number of ether oxygens (including phenoxy) is 1. The maximum Gasteiger partial charge on any atom is 0.149 e. The molecule has 2 rings (SSSR count). The molecule has 0 aliphatic rings. The molecular formula is C14H18ClFN2O. The molecule has 0 radical (unpaired) electrons. The van der Waals surface area contributed by atoms with Crippen molar-refractivity contribution in [2.45, 2.75) is 25.8 Å². The van der Waals surface area contributed by atoms with Gasteiger partial charge >= 0.3 is 0 Å². The molecule has 1 heterocycles. The SMILES string of the molecule is COCCC(C)n1c(CCCl)nc2cccc(F)c21. The van der Waals surface area contributed by atoms with Gasteiger partial charge in [-0.05, 0) is 25.5 Å². The summed E-state index contributed by atoms with van der Waals surface area (Å²) in [5, 5.41) is 0. The first-order valence-corrected chi connectivity index (χ1v) is 6.92. The fraction of sp³-hybridized carbons (Fsp3) is 0.500. The van der Waals surface area contributed by atoms with E-state index in [0.29, 0.717) is 29.9 Å². The third-order valence-electron chi connectivity index (χ3n) is 3.23. The Morgan fingerprint density at radius 3 is 2.95 bits per heavy atom. The Morgan fingerprint density at radius 1 is 1.47 bits per heavy atom. The van der Waals surface area contributed by atoms with E-state index in [2.05, 4.69) is 4.98 Å². The zero-order valence-electron chi connectivity index (χ0n) is 11.2. The van der Waals surface area contributed by atoms with Crippen molar-refractivity contribution in [3.05, 3.63) is 29.8 Å². The van der Waals surface area contributed by atoms with Gasteiger partial charge in [0.1, 0.15) is 17.2 Å². The number of aromatic nitrogens is 2. The summed E-state index contributed by atoms with van der Waals surface area (Å²) in [6.45, 7) is 2.68. The highest BCUT2D eigenvalue weighted by molar-refractivity contribution is 6.17. The number of imidazole rings is 1. The van der Waals surface area contributed by atoms with E-state index in [9.17, 15) is 4.39 Å². The average Bonchev–Trinajstić information content (AvgIpc) is 2.76. The van der Waals surface area contributed by atoms with Crippen molar-refractivity contribution in [2.24, 2.45) is 0 Å². The van der Waals surface area contributed by atoms with Gasteiger partial charge in [-0.3, -0.25) is 0 Å². The Morgan fingerprint density at radius 2 is 2.26 bits per heavy atom. The van der Waals surface area contributed by atoms with Crippen LogP contribution in [-0.2, 0) is 11.2 Å². The van der Waals surface area contributed by atoms with Crippen LogP contribution in [0.4, 0.5) is 4.39 Å². The van der Waals surface area contributed by atoms with Gasteiger partial charge in [-0.25, -0.2) is 9.37 Å². The summed E-state index contributed by atoms with van der Waals surface area (Å²) in [5.74, 6) is 1.07. The molecular weight excluding hydrogens is 267 g/mol. The topological polar surface area (TPSA) is 27.1 Å². The molecule has 1 unspecified atom stereocenters. The molecule has 5 heteroatoms. The monoisotopic (exact) mass is 284 g/mol. The number of benzene rings is 1. The number of methoxy groups -OCH3 is 1. The second kappa shape index (κ2) is 6.35. The number of aryl methyl sites for hydroxylation is 1. The maximum absolute atomic E-state index is 14.1. The van der Waals surface area contributed by atoms with E-state index < -0.39 is 0 Å². The minimum atomic E-state index is -0.241. The summed E-state index contributed by atoms with van der Waals surface area (Å²) in [4.78, 5) is 4.49. The number of halogens is 2. The molecule has 0 amide bonds. The largest absolute Gasteiger partial charge is 0.385 e. The lowest BCUT2D eigenvalue weighted by Crippen LogP contribution is -2.12. The van der Waals surface area contributed by atoms with Crippen LogP contribution in [0.25, 0.3) is 11.0 Å². The van der Waals surface area contributed by atoms with Crippen molar-refractivity contribution >= 4 is 22.6 Å². The molecule has 1 aromatic carbocycles. The van der Waals surface area contributed by atoms with E-state index in [1.54, 1.807) is 13.2 Å². The third-order valence-corrected chi connectivity index (χ3v) is 3.42. The summed E-state index contributed by atoms with van der Waals surface area (Å²) in [7, 11) is 1.67. The summed E-state index contributed by atoms with van der Waals surface area (Å²) in [6.07, 6.45) is 1.44. The number of alkyl halides is 1. The van der Waals surface area contributed by atoms with Gasteiger partial charge in [0.05, 0.1) is 5.52 Å². The molecule has 0 N–H and O–H groups in total. The highest BCUT2D eigenvalue weighted by Crippen LogP contribution is 2.25. The molecule has 0 saturated carbocycles. The summed E-state index contributed by atoms with van der Waals surface area (Å²) in [6, 6.07) is 5.10. The number of nitrogens with zero attached hydrogens (tertiary/aromatic N) is 2. The van der Waals surface area contributed by atoms with Crippen molar-refractivity contribution in [3.8, 4) is 0 Å². The molecule has 1 aromatic heterocycles. The Bertz CT molecular complexity index is 556. The van der Waals surface area contributed by atoms with Crippen LogP contribution in [0.2, 0.25) is 0 Å². The van der Waals surface area contributed by atoms with Crippen LogP contribution in [0.3, 0.4) is 0 Å². The Labute approximate surface area is 117 Å². The van der Waals surface area contributed by atoms with Crippen LogP contribution >= 0.6 is 11.6 Å². The van der Waals surface area contributed by atoms with E-state index in [-0.39, 0.29) is 11.9 Å². The van der Waals surface area contributed by atoms with Crippen LogP contribution in [-0.4, -0.2) is 29.1 Å². The number of hydrogen-bond donors (Lipinski definition) is 0. The summed E-state index contributed by atoms with van der Waals surface area (Å²) in [5.41, 5.74) is 1.25. The Hall–Kier alpha value is -1.13. The molecule has 19 heavy (non-hydrogen) atoms. The van der Waals surface area contributed by atoms with Crippen molar-refractivity contribution in [1.29, 1.82) is 0 Å². The van der Waals surface area contributed by atoms with Crippen LogP contribution in [0.1, 0.15) is 25.2 Å². The molecule has 0 aliphatic heterocycles. The highest BCUT2D eigenvalue weighted by Gasteiger charge is 2.18. The number of fused-ring (bicyclic) bond motifs is 1. The van der Waals surface area contributed by atoms with Gasteiger partial charge in [-0.1, -0.05) is 6.07 Å². The normalized spacial score (nSPS) is 13.1. The number of rotatable bonds is 6. The molecule has 3 nitrogen and oxygen atoms in total. The average molecular weight is 285 g/mol. The first-order valence-electron chi connectivity index (χ1n) is 6.39. The molecule has 0 spiro atoms. The molecule has 104 valence electrons. The molecule has 0 saturated heterocycles. The second-order valence-corrected chi connectivity index (χ2v) is 4.95. The van der Waals surface area contributed by atoms with E-state index in [0.717, 1.165) is 12.2 Å². The zero-order chi connectivity index (χ0) is 13.8. The van der Waals surface area contributed by atoms with Crippen molar-refractivity contribution in [3.63, 3.8) is 0 Å². The van der Waals surface area contributed by atoms with E-state index in [1.807, 2.05) is 17.6 Å². The van der Waals surface area contributed by atoms with Gasteiger partial charge < -0.3 is 9.30 Å². The quantitative estimate of drug-likeness (QED) is 0.759. The fourth-order valence-electron chi connectivity index (χ4n) is 2.31. The van der Waals surface area contributed by atoms with Gasteiger partial charge in [0.2, 0.25) is 0 Å². The molecule has 1 atom stereocenters. The minimum absolute atomic E-state index is 0.125. The zero-order valence-corrected chi connectivity index (χ0v) is 12.0. The van der Waals surface area contributed by atoms with E-state index in [1.165, 1.54) is 6.07 Å². The van der Waals surface area contributed by atoms with Crippen LogP contribution in [0, 0.1) is 5.82 Å². The Balaban J connectivity index is 2.50. The standard InChI is InChI=1S/C14H18ClFN2O/c1-10(7-9-19-2)18-13(6-8-15)17-12-5-3-4-11(16)14(12)18/h3-5,10H,6-9H2,1-2H3. The molecule has 0 fully saturated rings. The second-order valence-electron chi connectivity index (χ2n) is 4.58. The van der Waals surface area contributed by atoms with Gasteiger partial charge in [0.25, 0.3) is 0 Å². The van der Waals surface area contributed by atoms with Crippen molar-refractivity contribution < 1.29 is 9.13 Å². The fourth-order valence-corrected chi connectivity index (χ4v) is 2.48. The van der Waals surface area contributed by atoms with E-state index in [4.69, 9.17) is 16.3 Å². The van der Waals surface area contributed by atoms with Gasteiger partial charge in [0.15, 0.2) is 0 Å². The number of para-hydroxylation sites is 1. The van der Waals surface area contributed by atoms with Gasteiger partial charge in [-0.2, -0.15) is 0 Å². The smallest absolute Gasteiger partial charge is 0.149 e. The lowest BCUT2D eigenvalue weighted by molar-refractivity contribution is 0.181. The summed E-state index contributed by atoms with van der Waals surface area (Å²) < 4.78 is 21.1. The summed E-state index contributed by atoms with van der Waals surface area (Å²) >= 11 is 5.81. The third kappa shape index (κ3) is 2.90. The van der Waals surface area contributed by atoms with Crippen LogP contribution in [0.15, 0.2) is 18.2 Å². The van der Waals surface area contributed by atoms with Gasteiger partial charge in [-0.15, -0.1) is 11.6 Å². The first-order chi connectivity index (χ1) is 9.19. The first kappa shape index (κ1) is 14.3. The van der Waals surface area contributed by atoms with E-state index >= 15 is 0 Å². The Kier molecular flexibility index (Phi) is 4.77. The molecule has 0 bridgehead atoms. The predicted molar refractivity (Wildman–Crippen MR) is 75.3 cm³/mol. The molecule has 2 aromatic rings. The molecule has 0 aliphatic carbocycles. The minimum Gasteiger partial charge on any atom is -0.385 e. The van der Waals surface area contributed by atoms with Crippen molar-refractivity contribution in [1.82, 2.24) is 9.55 Å². The highest BCUT2D eigenvalue weighted by atomic mass is 35.5. The predicted octanol–water partition coefficient (Wildman–Crippen LogP) is 3.55. The lowest BCUT2D eigenvalue weighted by atomic mass is 10.2. The lowest BCUT2D eigenvalue weighted by Gasteiger charge is -2.17. The number of hydrogen-bond acceptors (Lipinski definition) is 2. The maximum atomic E-state index is 14.1. The van der Waals surface area contributed by atoms with Crippen LogP contribution in [0.5, 0.6) is 0 Å². The van der Waals surface area contributed by atoms with Crippen LogP contribution < -0.4 is 0 Å². The van der Waals surface area contributed by atoms with Gasteiger partial charge in [0, 0.05) is 32.1 Å².